The standard InChI is InChI=1S/C13H21N3O5/c1-21-11-3-2-9(4-10(11)12(14)16-20)5-15-13(6-17,7-18)8-19/h2-4,15,17-20H,5-8H2,1H3,(H2,14,16). The van der Waals surface area contributed by atoms with Crippen LogP contribution in [-0.2, 0) is 6.54 Å². The van der Waals surface area contributed by atoms with Gasteiger partial charge in [0, 0.05) is 6.54 Å². The summed E-state index contributed by atoms with van der Waals surface area (Å²) in [5.74, 6) is 0.359. The highest BCUT2D eigenvalue weighted by atomic mass is 16.5. The molecule has 1 aromatic carbocycles. The van der Waals surface area contributed by atoms with Gasteiger partial charge in [0.2, 0.25) is 0 Å². The van der Waals surface area contributed by atoms with Crippen LogP contribution in [0.4, 0.5) is 0 Å². The molecular weight excluding hydrogens is 278 g/mol. The number of ether oxygens (including phenoxy) is 1. The molecule has 0 aromatic heterocycles. The number of methoxy groups -OCH3 is 1. The maximum Gasteiger partial charge on any atom is 0.173 e. The first-order valence-corrected chi connectivity index (χ1v) is 6.28. The molecule has 1 aromatic rings. The van der Waals surface area contributed by atoms with Gasteiger partial charge in [0.1, 0.15) is 5.75 Å². The lowest BCUT2D eigenvalue weighted by Crippen LogP contribution is -2.54. The molecule has 0 radical (unpaired) electrons. The van der Waals surface area contributed by atoms with E-state index in [1.165, 1.54) is 7.11 Å². The van der Waals surface area contributed by atoms with Crippen LogP contribution in [0.15, 0.2) is 23.4 Å². The molecule has 0 saturated heterocycles. The molecule has 0 aliphatic heterocycles. The minimum atomic E-state index is -1.17. The lowest BCUT2D eigenvalue weighted by Gasteiger charge is -2.29. The first-order chi connectivity index (χ1) is 10.1. The third-order valence-electron chi connectivity index (χ3n) is 3.22. The molecule has 0 spiro atoms. The van der Waals surface area contributed by atoms with E-state index in [4.69, 9.17) is 15.7 Å². The van der Waals surface area contributed by atoms with Gasteiger partial charge in [-0.3, -0.25) is 0 Å². The maximum absolute atomic E-state index is 9.24. The van der Waals surface area contributed by atoms with Crippen LogP contribution in [0.25, 0.3) is 0 Å². The number of hydrogen-bond donors (Lipinski definition) is 6. The van der Waals surface area contributed by atoms with Crippen molar-refractivity contribution in [1.29, 1.82) is 0 Å². The Balaban J connectivity index is 2.95. The molecule has 21 heavy (non-hydrogen) atoms. The Kier molecular flexibility index (Phi) is 6.38. The van der Waals surface area contributed by atoms with Crippen LogP contribution in [-0.4, -0.2) is 58.8 Å². The zero-order chi connectivity index (χ0) is 15.9. The summed E-state index contributed by atoms with van der Waals surface area (Å²) in [6, 6.07) is 5.05. The van der Waals surface area contributed by atoms with Crippen molar-refractivity contribution in [2.45, 2.75) is 12.1 Å². The van der Waals surface area contributed by atoms with Crippen molar-refractivity contribution in [3.05, 3.63) is 29.3 Å². The van der Waals surface area contributed by atoms with E-state index in [-0.39, 0.29) is 12.4 Å². The highest BCUT2D eigenvalue weighted by Crippen LogP contribution is 2.20. The lowest BCUT2D eigenvalue weighted by molar-refractivity contribution is 0.0414. The smallest absolute Gasteiger partial charge is 0.173 e. The van der Waals surface area contributed by atoms with Crippen LogP contribution < -0.4 is 15.8 Å². The number of benzene rings is 1. The third-order valence-corrected chi connectivity index (χ3v) is 3.22. The number of amidine groups is 1. The largest absolute Gasteiger partial charge is 0.496 e. The zero-order valence-electron chi connectivity index (χ0n) is 11.8. The van der Waals surface area contributed by atoms with Crippen molar-refractivity contribution < 1.29 is 25.3 Å². The molecule has 8 heteroatoms. The number of rotatable bonds is 8. The molecular formula is C13H21N3O5. The molecule has 0 fully saturated rings. The fourth-order valence-corrected chi connectivity index (χ4v) is 1.73. The van der Waals surface area contributed by atoms with Gasteiger partial charge >= 0.3 is 0 Å². The molecule has 7 N–H and O–H groups in total. The average Bonchev–Trinajstić information content (AvgIpc) is 2.55. The number of hydrogen-bond acceptors (Lipinski definition) is 7. The molecule has 8 nitrogen and oxygen atoms in total. The van der Waals surface area contributed by atoms with Gasteiger partial charge in [-0.15, -0.1) is 0 Å². The average molecular weight is 299 g/mol. The highest BCUT2D eigenvalue weighted by Gasteiger charge is 2.27. The summed E-state index contributed by atoms with van der Waals surface area (Å²) in [7, 11) is 1.47. The van der Waals surface area contributed by atoms with Gasteiger partial charge in [-0.2, -0.15) is 0 Å². The van der Waals surface area contributed by atoms with E-state index >= 15 is 0 Å². The Bertz CT molecular complexity index is 480. The molecule has 0 unspecified atom stereocenters. The predicted octanol–water partition coefficient (Wildman–Crippen LogP) is -1.40. The summed E-state index contributed by atoms with van der Waals surface area (Å²) in [6.07, 6.45) is 0. The first-order valence-electron chi connectivity index (χ1n) is 6.28. The molecule has 0 heterocycles. The Labute approximate surface area is 122 Å². The number of nitrogens with one attached hydrogen (secondary N) is 1. The quantitative estimate of drug-likeness (QED) is 0.150. The van der Waals surface area contributed by atoms with E-state index < -0.39 is 25.4 Å². The summed E-state index contributed by atoms with van der Waals surface area (Å²) < 4.78 is 5.12. The highest BCUT2D eigenvalue weighted by molar-refractivity contribution is 5.99. The van der Waals surface area contributed by atoms with Gasteiger partial charge < -0.3 is 36.3 Å². The van der Waals surface area contributed by atoms with Crippen molar-refractivity contribution in [3.63, 3.8) is 0 Å². The summed E-state index contributed by atoms with van der Waals surface area (Å²) >= 11 is 0. The van der Waals surface area contributed by atoms with Gasteiger partial charge in [0.25, 0.3) is 0 Å². The van der Waals surface area contributed by atoms with E-state index in [1.807, 2.05) is 0 Å². The van der Waals surface area contributed by atoms with Crippen molar-refractivity contribution in [2.75, 3.05) is 26.9 Å². The number of nitrogens with two attached hydrogens (primary N) is 1. The van der Waals surface area contributed by atoms with E-state index in [2.05, 4.69) is 10.5 Å². The molecule has 1 rings (SSSR count). The number of nitrogens with zero attached hydrogens (tertiary/aromatic N) is 1. The molecule has 0 saturated carbocycles. The monoisotopic (exact) mass is 299 g/mol. The van der Waals surface area contributed by atoms with Crippen LogP contribution in [0.1, 0.15) is 11.1 Å². The lowest BCUT2D eigenvalue weighted by atomic mass is 10.0. The minimum absolute atomic E-state index is 0.0913. The topological polar surface area (TPSA) is 141 Å². The van der Waals surface area contributed by atoms with Crippen molar-refractivity contribution in [2.24, 2.45) is 10.9 Å². The van der Waals surface area contributed by atoms with Crippen molar-refractivity contribution in [3.8, 4) is 5.75 Å². The van der Waals surface area contributed by atoms with Crippen LogP contribution in [0, 0.1) is 0 Å². The number of oxime groups is 1. The molecule has 0 aliphatic rings. The zero-order valence-corrected chi connectivity index (χ0v) is 11.8. The second-order valence-corrected chi connectivity index (χ2v) is 4.63. The van der Waals surface area contributed by atoms with Crippen molar-refractivity contribution >= 4 is 5.84 Å². The van der Waals surface area contributed by atoms with Gasteiger partial charge in [-0.25, -0.2) is 0 Å². The molecule has 0 atom stereocenters. The van der Waals surface area contributed by atoms with Gasteiger partial charge in [-0.05, 0) is 17.7 Å². The maximum atomic E-state index is 9.24. The summed E-state index contributed by atoms with van der Waals surface area (Å²) in [5, 5.41) is 42.3. The molecule has 0 bridgehead atoms. The summed E-state index contributed by atoms with van der Waals surface area (Å²) in [4.78, 5) is 0. The summed E-state index contributed by atoms with van der Waals surface area (Å²) in [5.41, 5.74) is 5.58. The molecule has 118 valence electrons. The Morgan fingerprint density at radius 2 is 1.90 bits per heavy atom. The number of aliphatic hydroxyl groups excluding tert-OH is 3. The minimum Gasteiger partial charge on any atom is -0.496 e. The third kappa shape index (κ3) is 4.05. The SMILES string of the molecule is COc1ccc(CNC(CO)(CO)CO)cc1/C(N)=N/O. The van der Waals surface area contributed by atoms with E-state index in [0.717, 1.165) is 5.56 Å². The Morgan fingerprint density at radius 1 is 1.29 bits per heavy atom. The van der Waals surface area contributed by atoms with Gasteiger partial charge in [0.15, 0.2) is 5.84 Å². The summed E-state index contributed by atoms with van der Waals surface area (Å²) in [6.45, 7) is -0.979. The second kappa shape index (κ2) is 7.79. The first kappa shape index (κ1) is 17.2. The Hall–Kier alpha value is -1.87. The fourth-order valence-electron chi connectivity index (χ4n) is 1.73. The van der Waals surface area contributed by atoms with Crippen molar-refractivity contribution in [1.82, 2.24) is 5.32 Å². The molecule has 0 aliphatic carbocycles. The predicted molar refractivity (Wildman–Crippen MR) is 76.3 cm³/mol. The number of aliphatic hydroxyl groups is 3. The van der Waals surface area contributed by atoms with Gasteiger partial charge in [0.05, 0.1) is 38.0 Å². The van der Waals surface area contributed by atoms with Crippen LogP contribution in [0.2, 0.25) is 0 Å². The van der Waals surface area contributed by atoms with Crippen LogP contribution in [0.5, 0.6) is 5.75 Å². The normalized spacial score (nSPS) is 12.5. The van der Waals surface area contributed by atoms with Gasteiger partial charge in [-0.1, -0.05) is 11.2 Å². The molecule has 0 amide bonds. The second-order valence-electron chi connectivity index (χ2n) is 4.63. The van der Waals surface area contributed by atoms with Crippen LogP contribution >= 0.6 is 0 Å². The Morgan fingerprint density at radius 3 is 2.38 bits per heavy atom. The van der Waals surface area contributed by atoms with E-state index in [9.17, 15) is 15.3 Å². The fraction of sp³-hybridized carbons (Fsp3) is 0.462. The van der Waals surface area contributed by atoms with E-state index in [0.29, 0.717) is 11.3 Å². The van der Waals surface area contributed by atoms with Crippen LogP contribution in [0.3, 0.4) is 0 Å². The van der Waals surface area contributed by atoms with E-state index in [1.54, 1.807) is 18.2 Å².